The summed E-state index contributed by atoms with van der Waals surface area (Å²) in [4.78, 5) is 14.1. The van der Waals surface area contributed by atoms with E-state index < -0.39 is 0 Å². The fourth-order valence-electron chi connectivity index (χ4n) is 2.17. The number of aromatic nitrogens is 1. The van der Waals surface area contributed by atoms with E-state index in [1.165, 1.54) is 18.4 Å². The Balaban J connectivity index is 1.92. The van der Waals surface area contributed by atoms with Gasteiger partial charge in [0.15, 0.2) is 0 Å². The summed E-state index contributed by atoms with van der Waals surface area (Å²) >= 11 is 0. The summed E-state index contributed by atoms with van der Waals surface area (Å²) < 4.78 is 1.97. The van der Waals surface area contributed by atoms with E-state index in [-0.39, 0.29) is 5.91 Å². The van der Waals surface area contributed by atoms with Gasteiger partial charge < -0.3 is 14.8 Å². The molecule has 1 fully saturated rings. The second-order valence-corrected chi connectivity index (χ2v) is 4.63. The van der Waals surface area contributed by atoms with E-state index >= 15 is 0 Å². The first-order chi connectivity index (χ1) is 8.24. The quantitative estimate of drug-likeness (QED) is 0.805. The van der Waals surface area contributed by atoms with Crippen LogP contribution >= 0.6 is 0 Å². The highest BCUT2D eigenvalue weighted by Crippen LogP contribution is 2.26. The van der Waals surface area contributed by atoms with Gasteiger partial charge in [0.1, 0.15) is 6.54 Å². The molecule has 1 aromatic heterocycles. The molecule has 0 atom stereocenters. The lowest BCUT2D eigenvalue weighted by atomic mass is 10.3. The number of amides is 1. The van der Waals surface area contributed by atoms with Gasteiger partial charge in [0.2, 0.25) is 5.91 Å². The predicted molar refractivity (Wildman–Crippen MR) is 67.6 cm³/mol. The van der Waals surface area contributed by atoms with Crippen molar-refractivity contribution in [2.75, 3.05) is 13.6 Å². The minimum atomic E-state index is 0.238. The Bertz CT molecular complexity index is 382. The second kappa shape index (κ2) is 5.36. The second-order valence-electron chi connectivity index (χ2n) is 4.63. The van der Waals surface area contributed by atoms with Crippen LogP contribution in [0.4, 0.5) is 0 Å². The smallest absolute Gasteiger partial charge is 0.242 e. The molecule has 1 aliphatic rings. The van der Waals surface area contributed by atoms with Gasteiger partial charge in [-0.2, -0.15) is 0 Å². The van der Waals surface area contributed by atoms with Gasteiger partial charge in [-0.25, -0.2) is 0 Å². The fraction of sp³-hybridized carbons (Fsp3) is 0.615. The van der Waals surface area contributed by atoms with Crippen molar-refractivity contribution in [2.24, 2.45) is 0 Å². The van der Waals surface area contributed by atoms with E-state index in [4.69, 9.17) is 0 Å². The maximum Gasteiger partial charge on any atom is 0.242 e. The maximum atomic E-state index is 12.1. The van der Waals surface area contributed by atoms with Crippen molar-refractivity contribution in [1.82, 2.24) is 14.8 Å². The van der Waals surface area contributed by atoms with E-state index in [0.29, 0.717) is 12.6 Å². The van der Waals surface area contributed by atoms with Crippen LogP contribution < -0.4 is 5.32 Å². The number of nitrogens with zero attached hydrogens (tertiary/aromatic N) is 2. The number of carbonyl (C=O) groups is 1. The van der Waals surface area contributed by atoms with Crippen molar-refractivity contribution in [3.05, 3.63) is 24.0 Å². The highest BCUT2D eigenvalue weighted by Gasteiger charge is 2.31. The Morgan fingerprint density at radius 3 is 2.94 bits per heavy atom. The third-order valence-corrected chi connectivity index (χ3v) is 3.16. The van der Waals surface area contributed by atoms with Crippen LogP contribution in [0.2, 0.25) is 0 Å². The molecule has 0 aromatic carbocycles. The molecule has 1 aromatic rings. The highest BCUT2D eigenvalue weighted by atomic mass is 16.2. The summed E-state index contributed by atoms with van der Waals surface area (Å²) in [6.07, 6.45) is 6.37. The minimum Gasteiger partial charge on any atom is -0.345 e. The van der Waals surface area contributed by atoms with Gasteiger partial charge in [-0.05, 0) is 38.4 Å². The van der Waals surface area contributed by atoms with Crippen LogP contribution in [0.1, 0.15) is 25.3 Å². The zero-order valence-electron chi connectivity index (χ0n) is 10.6. The van der Waals surface area contributed by atoms with Gasteiger partial charge in [-0.1, -0.05) is 0 Å². The van der Waals surface area contributed by atoms with Crippen molar-refractivity contribution < 1.29 is 4.79 Å². The lowest BCUT2D eigenvalue weighted by Crippen LogP contribution is -2.35. The number of hydrogen-bond acceptors (Lipinski definition) is 2. The van der Waals surface area contributed by atoms with Crippen molar-refractivity contribution in [1.29, 1.82) is 0 Å². The Kier molecular flexibility index (Phi) is 3.84. The molecule has 94 valence electrons. The van der Waals surface area contributed by atoms with Gasteiger partial charge in [0.05, 0.1) is 0 Å². The molecule has 0 radical (unpaired) electrons. The molecule has 2 rings (SSSR count). The fourth-order valence-corrected chi connectivity index (χ4v) is 2.17. The van der Waals surface area contributed by atoms with Gasteiger partial charge in [-0.15, -0.1) is 0 Å². The summed E-state index contributed by atoms with van der Waals surface area (Å²) in [6, 6.07) is 2.57. The Morgan fingerprint density at radius 2 is 2.35 bits per heavy atom. The normalized spacial score (nSPS) is 14.9. The Labute approximate surface area is 103 Å². The summed E-state index contributed by atoms with van der Waals surface area (Å²) in [7, 11) is 1.93. The predicted octanol–water partition coefficient (Wildman–Crippen LogP) is 1.22. The van der Waals surface area contributed by atoms with Crippen LogP contribution in [0.15, 0.2) is 18.5 Å². The van der Waals surface area contributed by atoms with Crippen LogP contribution in [0.25, 0.3) is 0 Å². The maximum absolute atomic E-state index is 12.1. The lowest BCUT2D eigenvalue weighted by Gasteiger charge is -2.20. The molecule has 4 heteroatoms. The number of rotatable bonds is 6. The Morgan fingerprint density at radius 1 is 1.59 bits per heavy atom. The molecule has 1 amide bonds. The molecule has 0 saturated heterocycles. The topological polar surface area (TPSA) is 37.3 Å². The minimum absolute atomic E-state index is 0.238. The number of hydrogen-bond donors (Lipinski definition) is 1. The summed E-state index contributed by atoms with van der Waals surface area (Å²) in [6.45, 7) is 4.20. The molecule has 1 heterocycles. The summed E-state index contributed by atoms with van der Waals surface area (Å²) in [5.74, 6) is 0.238. The zero-order valence-corrected chi connectivity index (χ0v) is 10.6. The molecular formula is C13H21N3O. The van der Waals surface area contributed by atoms with Gasteiger partial charge in [0, 0.05) is 31.5 Å². The molecule has 0 bridgehead atoms. The zero-order chi connectivity index (χ0) is 12.3. The molecule has 17 heavy (non-hydrogen) atoms. The monoisotopic (exact) mass is 235 g/mol. The van der Waals surface area contributed by atoms with E-state index in [2.05, 4.69) is 18.3 Å². The van der Waals surface area contributed by atoms with E-state index in [9.17, 15) is 4.79 Å². The van der Waals surface area contributed by atoms with Crippen molar-refractivity contribution in [2.45, 2.75) is 38.9 Å². The molecule has 4 nitrogen and oxygen atoms in total. The average molecular weight is 235 g/mol. The molecule has 1 N–H and O–H groups in total. The van der Waals surface area contributed by atoms with Crippen molar-refractivity contribution in [3.8, 4) is 0 Å². The first kappa shape index (κ1) is 12.2. The number of carbonyl (C=O) groups excluding carboxylic acids is 1. The first-order valence-corrected chi connectivity index (χ1v) is 6.33. The van der Waals surface area contributed by atoms with Gasteiger partial charge in [0.25, 0.3) is 0 Å². The van der Waals surface area contributed by atoms with E-state index in [1.807, 2.05) is 28.9 Å². The lowest BCUT2D eigenvalue weighted by molar-refractivity contribution is -0.132. The molecule has 1 saturated carbocycles. The van der Waals surface area contributed by atoms with Crippen molar-refractivity contribution >= 4 is 5.91 Å². The van der Waals surface area contributed by atoms with E-state index in [0.717, 1.165) is 13.1 Å². The molecular weight excluding hydrogens is 214 g/mol. The van der Waals surface area contributed by atoms with E-state index in [1.54, 1.807) is 0 Å². The van der Waals surface area contributed by atoms with Gasteiger partial charge >= 0.3 is 0 Å². The first-order valence-electron chi connectivity index (χ1n) is 6.33. The summed E-state index contributed by atoms with van der Waals surface area (Å²) in [5, 5.41) is 3.10. The van der Waals surface area contributed by atoms with Crippen LogP contribution in [0, 0.1) is 0 Å². The largest absolute Gasteiger partial charge is 0.345 e. The highest BCUT2D eigenvalue weighted by molar-refractivity contribution is 5.76. The molecule has 0 unspecified atom stereocenters. The van der Waals surface area contributed by atoms with Crippen LogP contribution in [-0.2, 0) is 17.9 Å². The number of nitrogens with one attached hydrogen (secondary N) is 1. The van der Waals surface area contributed by atoms with Crippen LogP contribution in [0.3, 0.4) is 0 Å². The van der Waals surface area contributed by atoms with Crippen LogP contribution in [0.5, 0.6) is 0 Å². The Hall–Kier alpha value is -1.29. The molecule has 0 aliphatic heterocycles. The van der Waals surface area contributed by atoms with Crippen molar-refractivity contribution in [3.63, 3.8) is 0 Å². The average Bonchev–Trinajstić information content (AvgIpc) is 3.03. The number of likely N-dealkylation sites (N-methyl/N-ethyl adjacent to an activating group) is 1. The van der Waals surface area contributed by atoms with Gasteiger partial charge in [-0.3, -0.25) is 4.79 Å². The molecule has 0 spiro atoms. The third-order valence-electron chi connectivity index (χ3n) is 3.16. The summed E-state index contributed by atoms with van der Waals surface area (Å²) in [5.41, 5.74) is 1.22. The SMILES string of the molecule is CCN(C(=O)Cn1ccc(CNC)c1)C1CC1. The standard InChI is InChI=1S/C13H21N3O/c1-3-16(12-4-5-12)13(17)10-15-7-6-11(9-15)8-14-2/h6-7,9,12,14H,3-5,8,10H2,1-2H3. The molecule has 1 aliphatic carbocycles. The van der Waals surface area contributed by atoms with Crippen LogP contribution in [-0.4, -0.2) is 35.0 Å². The third kappa shape index (κ3) is 3.09.